The molecule has 14 heteroatoms. The third kappa shape index (κ3) is 3.78. The smallest absolute Gasteiger partial charge is 0.272 e. The molecular formula is C11H8F12O2. The highest BCUT2D eigenvalue weighted by molar-refractivity contribution is 5.11. The number of halogens is 12. The number of alkyl halides is 12. The first kappa shape index (κ1) is 22.1. The van der Waals surface area contributed by atoms with E-state index in [0.717, 1.165) is 0 Å². The Morgan fingerprint density at radius 2 is 1.40 bits per heavy atom. The van der Waals surface area contributed by atoms with E-state index in [1.807, 2.05) is 0 Å². The fourth-order valence-electron chi connectivity index (χ4n) is 2.01. The van der Waals surface area contributed by atoms with Crippen LogP contribution in [0.25, 0.3) is 0 Å². The molecule has 0 aromatic carbocycles. The van der Waals surface area contributed by atoms with Crippen molar-refractivity contribution in [1.82, 2.24) is 0 Å². The Morgan fingerprint density at radius 1 is 0.920 bits per heavy atom. The van der Waals surface area contributed by atoms with E-state index in [0.29, 0.717) is 0 Å². The molecule has 1 aliphatic carbocycles. The molecule has 0 aromatic rings. The molecule has 3 atom stereocenters. The zero-order valence-electron chi connectivity index (χ0n) is 11.6. The van der Waals surface area contributed by atoms with E-state index in [9.17, 15) is 52.7 Å². The van der Waals surface area contributed by atoms with Crippen molar-refractivity contribution in [3.05, 3.63) is 13.3 Å². The molecule has 1 fully saturated rings. The van der Waals surface area contributed by atoms with Crippen molar-refractivity contribution in [2.24, 2.45) is 5.92 Å². The van der Waals surface area contributed by atoms with Gasteiger partial charge in [-0.2, -0.15) is 30.7 Å². The van der Waals surface area contributed by atoms with Gasteiger partial charge in [-0.15, -0.1) is 13.2 Å². The van der Waals surface area contributed by atoms with Gasteiger partial charge in [0.15, 0.2) is 0 Å². The third-order valence-corrected chi connectivity index (χ3v) is 3.27. The lowest BCUT2D eigenvalue weighted by Crippen LogP contribution is -2.61. The van der Waals surface area contributed by atoms with Gasteiger partial charge >= 0.3 is 24.6 Å². The third-order valence-electron chi connectivity index (χ3n) is 3.27. The van der Waals surface area contributed by atoms with Crippen LogP contribution in [0.2, 0.25) is 0 Å². The summed E-state index contributed by atoms with van der Waals surface area (Å²) in [4.78, 5) is 0. The molecule has 148 valence electrons. The summed E-state index contributed by atoms with van der Waals surface area (Å²) < 4.78 is 158. The highest BCUT2D eigenvalue weighted by Crippen LogP contribution is 2.57. The van der Waals surface area contributed by atoms with Crippen LogP contribution in [-0.4, -0.2) is 36.3 Å². The Hall–Kier alpha value is -0.920. The van der Waals surface area contributed by atoms with Crippen molar-refractivity contribution in [2.75, 3.05) is 0 Å². The average molecular weight is 400 g/mol. The maximum Gasteiger partial charge on any atom is 0.525 e. The summed E-state index contributed by atoms with van der Waals surface area (Å²) in [5, 5.41) is 0. The monoisotopic (exact) mass is 400 g/mol. The van der Waals surface area contributed by atoms with Gasteiger partial charge < -0.3 is 0 Å². The predicted molar refractivity (Wildman–Crippen MR) is 54.2 cm³/mol. The second kappa shape index (κ2) is 6.06. The van der Waals surface area contributed by atoms with Crippen LogP contribution in [0.1, 0.15) is 12.8 Å². The minimum Gasteiger partial charge on any atom is -0.272 e. The zero-order chi connectivity index (χ0) is 20.1. The highest BCUT2D eigenvalue weighted by atomic mass is 19.4. The van der Waals surface area contributed by atoms with Crippen LogP contribution in [0, 0.1) is 19.3 Å². The van der Waals surface area contributed by atoms with Crippen LogP contribution in [0.3, 0.4) is 0 Å². The molecule has 3 unspecified atom stereocenters. The Labute approximate surface area is 132 Å². The minimum absolute atomic E-state index is 0.394. The second-order valence-electron chi connectivity index (χ2n) is 4.95. The van der Waals surface area contributed by atoms with Gasteiger partial charge in [-0.05, 0) is 12.8 Å². The Balaban J connectivity index is 3.29. The summed E-state index contributed by atoms with van der Waals surface area (Å²) in [7, 11) is 0. The summed E-state index contributed by atoms with van der Waals surface area (Å²) in [6, 6.07) is 0. The van der Waals surface area contributed by atoms with Gasteiger partial charge in [0.05, 0.1) is 0 Å². The standard InChI is InChI=1S/C11H8F12O2/c1-2-5-3-4-6(12,7(5,13)25-11(21,22)23)24-10(19,20)8(14,15)9(16,17)18/h4-5H,1-3H2. The first-order valence-corrected chi connectivity index (χ1v) is 6.14. The van der Waals surface area contributed by atoms with Crippen LogP contribution in [0.5, 0.6) is 0 Å². The lowest BCUT2D eigenvalue weighted by atomic mass is 9.99. The minimum atomic E-state index is -7.03. The molecule has 2 nitrogen and oxygen atoms in total. The van der Waals surface area contributed by atoms with Crippen molar-refractivity contribution in [3.8, 4) is 0 Å². The molecule has 0 spiro atoms. The lowest BCUT2D eigenvalue weighted by Gasteiger charge is -2.39. The van der Waals surface area contributed by atoms with Crippen LogP contribution < -0.4 is 0 Å². The Morgan fingerprint density at radius 3 is 1.76 bits per heavy atom. The molecule has 0 bridgehead atoms. The Bertz CT molecular complexity index is 486. The van der Waals surface area contributed by atoms with E-state index in [2.05, 4.69) is 16.4 Å². The van der Waals surface area contributed by atoms with Gasteiger partial charge in [-0.3, -0.25) is 4.74 Å². The summed E-state index contributed by atoms with van der Waals surface area (Å²) >= 11 is 0. The number of ether oxygens (including phenoxy) is 2. The molecule has 1 saturated carbocycles. The number of hydrogen-bond donors (Lipinski definition) is 0. The molecule has 1 rings (SSSR count). The summed E-state index contributed by atoms with van der Waals surface area (Å²) in [5.41, 5.74) is 0. The van der Waals surface area contributed by atoms with E-state index in [4.69, 9.17) is 0 Å². The van der Waals surface area contributed by atoms with E-state index < -0.39 is 61.5 Å². The van der Waals surface area contributed by atoms with Gasteiger partial charge in [0, 0.05) is 12.3 Å². The van der Waals surface area contributed by atoms with Crippen LogP contribution in [-0.2, 0) is 9.47 Å². The van der Waals surface area contributed by atoms with Gasteiger partial charge in [-0.1, -0.05) is 6.92 Å². The van der Waals surface area contributed by atoms with E-state index >= 15 is 0 Å². The van der Waals surface area contributed by atoms with Gasteiger partial charge in [0.25, 0.3) is 11.7 Å². The van der Waals surface area contributed by atoms with Crippen molar-refractivity contribution in [1.29, 1.82) is 0 Å². The summed E-state index contributed by atoms with van der Waals surface area (Å²) in [5.74, 6) is -19.2. The first-order valence-electron chi connectivity index (χ1n) is 6.14. The second-order valence-corrected chi connectivity index (χ2v) is 4.95. The fourth-order valence-corrected chi connectivity index (χ4v) is 2.01. The van der Waals surface area contributed by atoms with Crippen molar-refractivity contribution < 1.29 is 62.2 Å². The van der Waals surface area contributed by atoms with Crippen LogP contribution in [0.4, 0.5) is 52.7 Å². The van der Waals surface area contributed by atoms with Gasteiger partial charge in [-0.25, -0.2) is 13.5 Å². The van der Waals surface area contributed by atoms with Crippen molar-refractivity contribution in [2.45, 2.75) is 49.1 Å². The number of rotatable bonds is 5. The molecule has 0 amide bonds. The normalized spacial score (nSPS) is 32.3. The fraction of sp³-hybridized carbons (Fsp3) is 0.818. The molecule has 0 aliphatic heterocycles. The summed E-state index contributed by atoms with van der Waals surface area (Å²) in [6.45, 7) is 2.90. The van der Waals surface area contributed by atoms with Gasteiger partial charge in [0.2, 0.25) is 0 Å². The highest BCUT2D eigenvalue weighted by Gasteiger charge is 2.79. The number of hydrogen-bond acceptors (Lipinski definition) is 2. The molecule has 0 aromatic heterocycles. The molecule has 2 radical (unpaired) electrons. The molecule has 0 N–H and O–H groups in total. The van der Waals surface area contributed by atoms with Crippen molar-refractivity contribution in [3.63, 3.8) is 0 Å². The van der Waals surface area contributed by atoms with E-state index in [-0.39, 0.29) is 0 Å². The maximum atomic E-state index is 14.4. The maximum absolute atomic E-state index is 14.4. The van der Waals surface area contributed by atoms with Crippen LogP contribution in [0.15, 0.2) is 0 Å². The van der Waals surface area contributed by atoms with Crippen molar-refractivity contribution >= 4 is 0 Å². The molecule has 25 heavy (non-hydrogen) atoms. The van der Waals surface area contributed by atoms with E-state index in [1.54, 1.807) is 0 Å². The Kier molecular flexibility index (Phi) is 5.36. The largest absolute Gasteiger partial charge is 0.525 e. The predicted octanol–water partition coefficient (Wildman–Crippen LogP) is 5.11. The quantitative estimate of drug-likeness (QED) is 0.598. The average Bonchev–Trinajstić information content (AvgIpc) is 2.56. The zero-order valence-corrected chi connectivity index (χ0v) is 11.6. The molecule has 1 aliphatic rings. The van der Waals surface area contributed by atoms with E-state index in [1.165, 1.54) is 0 Å². The topological polar surface area (TPSA) is 18.5 Å². The SMILES string of the molecule is [CH2]CC1C[CH]C(F)(OC(F)(F)C(F)(F)C(F)(F)F)C1(F)OC(F)(F)F. The van der Waals surface area contributed by atoms with Gasteiger partial charge in [0.1, 0.15) is 0 Å². The summed E-state index contributed by atoms with van der Waals surface area (Å²) in [6.07, 6.45) is -22.2. The molecular weight excluding hydrogens is 392 g/mol. The molecule has 0 heterocycles. The first-order chi connectivity index (χ1) is 10.8. The molecule has 0 saturated heterocycles. The lowest BCUT2D eigenvalue weighted by molar-refractivity contribution is -0.496. The van der Waals surface area contributed by atoms with Crippen LogP contribution >= 0.6 is 0 Å².